The second-order valence-corrected chi connectivity index (χ2v) is 4.22. The molecule has 0 unspecified atom stereocenters. The van der Waals surface area contributed by atoms with Crippen molar-refractivity contribution < 1.29 is 9.47 Å². The van der Waals surface area contributed by atoms with Crippen LogP contribution in [-0.4, -0.2) is 38.4 Å². The molecule has 0 radical (unpaired) electrons. The van der Waals surface area contributed by atoms with Gasteiger partial charge in [-0.2, -0.15) is 10.1 Å². The molecule has 0 bridgehead atoms. The monoisotopic (exact) mass is 273 g/mol. The Kier molecular flexibility index (Phi) is 3.02. The predicted molar refractivity (Wildman–Crippen MR) is 73.0 cm³/mol. The Hall–Kier alpha value is -2.57. The maximum Gasteiger partial charge on any atom is 0.240 e. The van der Waals surface area contributed by atoms with E-state index in [1.807, 2.05) is 24.0 Å². The van der Waals surface area contributed by atoms with Crippen LogP contribution >= 0.6 is 0 Å². The van der Waals surface area contributed by atoms with E-state index < -0.39 is 0 Å². The number of rotatable bonds is 4. The molecule has 3 aromatic heterocycles. The zero-order chi connectivity index (χ0) is 14.1. The summed E-state index contributed by atoms with van der Waals surface area (Å²) in [7, 11) is 3.16. The second-order valence-electron chi connectivity index (χ2n) is 4.22. The minimum Gasteiger partial charge on any atom is -0.482 e. The Morgan fingerprint density at radius 1 is 1.15 bits per heavy atom. The minimum atomic E-state index is 0.468. The first kappa shape index (κ1) is 12.5. The van der Waals surface area contributed by atoms with Gasteiger partial charge in [0.15, 0.2) is 0 Å². The average molecular weight is 273 g/mol. The summed E-state index contributed by atoms with van der Waals surface area (Å²) < 4.78 is 14.1. The molecular formula is C13H15N5O2. The highest BCUT2D eigenvalue weighted by Crippen LogP contribution is 2.24. The molecule has 0 aliphatic heterocycles. The Labute approximate surface area is 115 Å². The summed E-state index contributed by atoms with van der Waals surface area (Å²) in [5, 5.41) is 4.25. The lowest BCUT2D eigenvalue weighted by molar-refractivity contribution is 0.369. The quantitative estimate of drug-likeness (QED) is 0.722. The standard InChI is InChI=1S/C13H15N5O2/c1-4-17-7-9(6-14-17)10-8-18-12(20-3)5-11(19-2)16-13(18)15-10/h5-8H,4H2,1-3H3. The van der Waals surface area contributed by atoms with Crippen molar-refractivity contribution in [1.29, 1.82) is 0 Å². The van der Waals surface area contributed by atoms with Crippen LogP contribution in [0.5, 0.6) is 11.8 Å². The number of hydrogen-bond donors (Lipinski definition) is 0. The van der Waals surface area contributed by atoms with Gasteiger partial charge in [-0.3, -0.25) is 9.08 Å². The van der Waals surface area contributed by atoms with Crippen molar-refractivity contribution in [2.45, 2.75) is 13.5 Å². The van der Waals surface area contributed by atoms with E-state index in [0.29, 0.717) is 17.5 Å². The van der Waals surface area contributed by atoms with E-state index >= 15 is 0 Å². The highest BCUT2D eigenvalue weighted by molar-refractivity contribution is 5.60. The van der Waals surface area contributed by atoms with Crippen LogP contribution in [0.3, 0.4) is 0 Å². The average Bonchev–Trinajstić information content (AvgIpc) is 3.11. The molecule has 0 saturated carbocycles. The molecule has 3 rings (SSSR count). The minimum absolute atomic E-state index is 0.468. The van der Waals surface area contributed by atoms with Gasteiger partial charge < -0.3 is 9.47 Å². The molecule has 0 N–H and O–H groups in total. The Morgan fingerprint density at radius 2 is 2.00 bits per heavy atom. The summed E-state index contributed by atoms with van der Waals surface area (Å²) in [6.07, 6.45) is 5.61. The molecule has 7 heteroatoms. The molecule has 0 spiro atoms. The van der Waals surface area contributed by atoms with Crippen molar-refractivity contribution in [1.82, 2.24) is 24.1 Å². The number of imidazole rings is 1. The molecule has 0 aromatic carbocycles. The number of aryl methyl sites for hydroxylation is 1. The summed E-state index contributed by atoms with van der Waals surface area (Å²) in [5.74, 6) is 1.62. The first-order valence-corrected chi connectivity index (χ1v) is 6.26. The molecule has 104 valence electrons. The van der Waals surface area contributed by atoms with Gasteiger partial charge in [-0.15, -0.1) is 0 Å². The van der Waals surface area contributed by atoms with Gasteiger partial charge in [0.1, 0.15) is 0 Å². The number of aromatic nitrogens is 5. The Bertz CT molecular complexity index is 746. The highest BCUT2D eigenvalue weighted by atomic mass is 16.5. The number of ether oxygens (including phenoxy) is 2. The molecule has 20 heavy (non-hydrogen) atoms. The molecule has 0 aliphatic carbocycles. The maximum absolute atomic E-state index is 5.33. The summed E-state index contributed by atoms with van der Waals surface area (Å²) in [6, 6.07) is 1.72. The zero-order valence-electron chi connectivity index (χ0n) is 11.6. The van der Waals surface area contributed by atoms with Crippen LogP contribution in [0.25, 0.3) is 17.0 Å². The van der Waals surface area contributed by atoms with E-state index in [-0.39, 0.29) is 0 Å². The van der Waals surface area contributed by atoms with Crippen molar-refractivity contribution in [3.8, 4) is 23.0 Å². The fraction of sp³-hybridized carbons (Fsp3) is 0.308. The summed E-state index contributed by atoms with van der Waals surface area (Å²) >= 11 is 0. The Morgan fingerprint density at radius 3 is 2.65 bits per heavy atom. The molecular weight excluding hydrogens is 258 g/mol. The largest absolute Gasteiger partial charge is 0.482 e. The molecule has 0 amide bonds. The van der Waals surface area contributed by atoms with E-state index in [4.69, 9.17) is 9.47 Å². The topological polar surface area (TPSA) is 66.5 Å². The van der Waals surface area contributed by atoms with Gasteiger partial charge in [0.05, 0.1) is 32.2 Å². The van der Waals surface area contributed by atoms with Crippen LogP contribution in [0, 0.1) is 0 Å². The molecule has 0 aliphatic rings. The van der Waals surface area contributed by atoms with Crippen molar-refractivity contribution >= 4 is 5.78 Å². The number of nitrogens with zero attached hydrogens (tertiary/aromatic N) is 5. The first-order valence-electron chi connectivity index (χ1n) is 6.26. The van der Waals surface area contributed by atoms with Gasteiger partial charge in [-0.25, -0.2) is 4.98 Å². The lowest BCUT2D eigenvalue weighted by Crippen LogP contribution is -1.97. The fourth-order valence-electron chi connectivity index (χ4n) is 1.99. The van der Waals surface area contributed by atoms with Crippen LogP contribution in [0.4, 0.5) is 0 Å². The van der Waals surface area contributed by atoms with Crippen molar-refractivity contribution in [3.05, 3.63) is 24.7 Å². The lowest BCUT2D eigenvalue weighted by Gasteiger charge is -2.04. The van der Waals surface area contributed by atoms with Gasteiger partial charge in [0.25, 0.3) is 0 Å². The zero-order valence-corrected chi connectivity index (χ0v) is 11.6. The van der Waals surface area contributed by atoms with E-state index in [1.54, 1.807) is 30.9 Å². The second kappa shape index (κ2) is 4.84. The SMILES string of the molecule is CCn1cc(-c2cn3c(OC)cc(OC)nc3n2)cn1. The smallest absolute Gasteiger partial charge is 0.240 e. The van der Waals surface area contributed by atoms with E-state index in [9.17, 15) is 0 Å². The third-order valence-corrected chi connectivity index (χ3v) is 3.05. The third-order valence-electron chi connectivity index (χ3n) is 3.05. The predicted octanol–water partition coefficient (Wildman–Crippen LogP) is 1.63. The number of fused-ring (bicyclic) bond motifs is 1. The van der Waals surface area contributed by atoms with Crippen molar-refractivity contribution in [3.63, 3.8) is 0 Å². The van der Waals surface area contributed by atoms with Gasteiger partial charge in [0.2, 0.25) is 17.5 Å². The van der Waals surface area contributed by atoms with Crippen molar-refractivity contribution in [2.24, 2.45) is 0 Å². The normalized spacial score (nSPS) is 10.9. The molecule has 0 fully saturated rings. The molecule has 0 atom stereocenters. The molecule has 7 nitrogen and oxygen atoms in total. The van der Waals surface area contributed by atoms with Crippen LogP contribution in [0.2, 0.25) is 0 Å². The maximum atomic E-state index is 5.33. The van der Waals surface area contributed by atoms with E-state index in [0.717, 1.165) is 17.8 Å². The van der Waals surface area contributed by atoms with E-state index in [1.165, 1.54) is 0 Å². The Balaban J connectivity index is 2.14. The third kappa shape index (κ3) is 1.97. The lowest BCUT2D eigenvalue weighted by atomic mass is 10.3. The summed E-state index contributed by atoms with van der Waals surface area (Å²) in [6.45, 7) is 2.86. The summed E-state index contributed by atoms with van der Waals surface area (Å²) in [5.41, 5.74) is 1.74. The first-order chi connectivity index (χ1) is 9.75. The fourth-order valence-corrected chi connectivity index (χ4v) is 1.99. The van der Waals surface area contributed by atoms with E-state index in [2.05, 4.69) is 15.1 Å². The molecule has 0 saturated heterocycles. The van der Waals surface area contributed by atoms with Gasteiger partial charge in [-0.05, 0) is 6.92 Å². The highest BCUT2D eigenvalue weighted by Gasteiger charge is 2.12. The van der Waals surface area contributed by atoms with Crippen LogP contribution in [0.15, 0.2) is 24.7 Å². The van der Waals surface area contributed by atoms with Crippen LogP contribution in [-0.2, 0) is 6.54 Å². The summed E-state index contributed by atoms with van der Waals surface area (Å²) in [4.78, 5) is 8.78. The number of methoxy groups -OCH3 is 2. The molecule has 3 aromatic rings. The van der Waals surface area contributed by atoms with Gasteiger partial charge in [0, 0.05) is 24.5 Å². The van der Waals surface area contributed by atoms with Gasteiger partial charge in [-0.1, -0.05) is 0 Å². The van der Waals surface area contributed by atoms with Crippen molar-refractivity contribution in [2.75, 3.05) is 14.2 Å². The van der Waals surface area contributed by atoms with Crippen LogP contribution in [0.1, 0.15) is 6.92 Å². The molecule has 3 heterocycles. The van der Waals surface area contributed by atoms with Gasteiger partial charge >= 0.3 is 0 Å². The van der Waals surface area contributed by atoms with Crippen LogP contribution < -0.4 is 9.47 Å². The number of hydrogen-bond acceptors (Lipinski definition) is 5.